The minimum atomic E-state index is -0.962. The van der Waals surface area contributed by atoms with E-state index in [0.29, 0.717) is 47.0 Å². The SMILES string of the molecule is Cc1nc(N2C[C@@H](CC(=O)Nc3cccc(-c4cn[nH]c4)c3)C[C@H]2C(=O)O)c2oc3ccccc3c2n1. The van der Waals surface area contributed by atoms with Crippen LogP contribution in [0.4, 0.5) is 11.5 Å². The van der Waals surface area contributed by atoms with Crippen LogP contribution in [0.5, 0.6) is 0 Å². The highest BCUT2D eigenvalue weighted by molar-refractivity contribution is 6.06. The molecule has 10 heteroatoms. The van der Waals surface area contributed by atoms with Gasteiger partial charge in [-0.15, -0.1) is 0 Å². The third-order valence-corrected chi connectivity index (χ3v) is 6.71. The number of fused-ring (bicyclic) bond motifs is 3. The average molecular weight is 497 g/mol. The summed E-state index contributed by atoms with van der Waals surface area (Å²) in [6.07, 6.45) is 4.01. The Morgan fingerprint density at radius 2 is 2.03 bits per heavy atom. The number of carboxylic acid groups (broad SMARTS) is 1. The van der Waals surface area contributed by atoms with E-state index >= 15 is 0 Å². The zero-order chi connectivity index (χ0) is 25.5. The fourth-order valence-electron chi connectivity index (χ4n) is 5.08. The van der Waals surface area contributed by atoms with Gasteiger partial charge in [-0.1, -0.05) is 24.3 Å². The lowest BCUT2D eigenvalue weighted by atomic mass is 10.0. The molecule has 1 fully saturated rings. The number of carboxylic acids is 1. The minimum Gasteiger partial charge on any atom is -0.480 e. The first-order chi connectivity index (χ1) is 18.0. The van der Waals surface area contributed by atoms with Crippen LogP contribution in [0.3, 0.4) is 0 Å². The maximum Gasteiger partial charge on any atom is 0.326 e. The maximum absolute atomic E-state index is 12.9. The highest BCUT2D eigenvalue weighted by Gasteiger charge is 2.40. The van der Waals surface area contributed by atoms with Gasteiger partial charge in [0.25, 0.3) is 0 Å². The summed E-state index contributed by atoms with van der Waals surface area (Å²) < 4.78 is 6.07. The third-order valence-electron chi connectivity index (χ3n) is 6.71. The zero-order valence-electron chi connectivity index (χ0n) is 20.0. The maximum atomic E-state index is 12.9. The van der Waals surface area contributed by atoms with E-state index in [-0.39, 0.29) is 18.2 Å². The summed E-state index contributed by atoms with van der Waals surface area (Å²) in [5.74, 6) is -0.337. The third kappa shape index (κ3) is 4.26. The van der Waals surface area contributed by atoms with Gasteiger partial charge in [0.05, 0.1) is 6.20 Å². The van der Waals surface area contributed by atoms with Crippen molar-refractivity contribution in [2.24, 2.45) is 5.92 Å². The van der Waals surface area contributed by atoms with Crippen molar-refractivity contribution >= 4 is 45.5 Å². The number of benzene rings is 2. The summed E-state index contributed by atoms with van der Waals surface area (Å²) in [5, 5.41) is 20.6. The predicted molar refractivity (Wildman–Crippen MR) is 138 cm³/mol. The highest BCUT2D eigenvalue weighted by Crippen LogP contribution is 2.37. The molecule has 0 bridgehead atoms. The number of nitrogens with one attached hydrogen (secondary N) is 2. The van der Waals surface area contributed by atoms with Gasteiger partial charge in [0.15, 0.2) is 11.4 Å². The Kier molecular flexibility index (Phi) is 5.56. The first-order valence-electron chi connectivity index (χ1n) is 12.0. The largest absolute Gasteiger partial charge is 0.480 e. The highest BCUT2D eigenvalue weighted by atomic mass is 16.4. The molecule has 0 spiro atoms. The van der Waals surface area contributed by atoms with Gasteiger partial charge < -0.3 is 19.7 Å². The van der Waals surface area contributed by atoms with Crippen LogP contribution in [-0.2, 0) is 9.59 Å². The molecular formula is C27H24N6O4. The van der Waals surface area contributed by atoms with E-state index in [9.17, 15) is 14.7 Å². The van der Waals surface area contributed by atoms with Crippen LogP contribution in [0.25, 0.3) is 33.2 Å². The molecule has 4 heterocycles. The van der Waals surface area contributed by atoms with Crippen LogP contribution in [0.1, 0.15) is 18.7 Å². The molecule has 0 aliphatic carbocycles. The van der Waals surface area contributed by atoms with E-state index in [1.54, 1.807) is 24.2 Å². The first-order valence-corrected chi connectivity index (χ1v) is 12.0. The molecule has 1 aliphatic heterocycles. The van der Waals surface area contributed by atoms with E-state index in [0.717, 1.165) is 16.5 Å². The number of aliphatic carboxylic acids is 1. The lowest BCUT2D eigenvalue weighted by Crippen LogP contribution is -2.36. The van der Waals surface area contributed by atoms with Gasteiger partial charge in [-0.05, 0) is 49.1 Å². The van der Waals surface area contributed by atoms with Gasteiger partial charge in [0.1, 0.15) is 23.0 Å². The number of H-pyrrole nitrogens is 1. The van der Waals surface area contributed by atoms with Crippen molar-refractivity contribution < 1.29 is 19.1 Å². The fraction of sp³-hybridized carbons (Fsp3) is 0.222. The van der Waals surface area contributed by atoms with Gasteiger partial charge in [-0.25, -0.2) is 14.8 Å². The number of hydrogen-bond acceptors (Lipinski definition) is 7. The second-order valence-corrected chi connectivity index (χ2v) is 9.30. The molecule has 5 aromatic rings. The standard InChI is InChI=1S/C27H24N6O4/c1-15-30-24-20-7-2-3-8-22(20)37-25(24)26(31-15)33-14-16(9-21(33)27(35)36)10-23(34)32-19-6-4-5-17(11-19)18-12-28-29-13-18/h2-8,11-13,16,21H,9-10,14H2,1H3,(H,28,29)(H,32,34)(H,35,36)/t16-,21+/m1/s1. The van der Waals surface area contributed by atoms with E-state index in [1.165, 1.54) is 0 Å². The number of aromatic amines is 1. The van der Waals surface area contributed by atoms with E-state index in [1.807, 2.05) is 48.5 Å². The molecule has 3 N–H and O–H groups in total. The number of furan rings is 1. The Morgan fingerprint density at radius 1 is 1.16 bits per heavy atom. The monoisotopic (exact) mass is 496 g/mol. The van der Waals surface area contributed by atoms with Crippen LogP contribution < -0.4 is 10.2 Å². The molecule has 1 aliphatic rings. The van der Waals surface area contributed by atoms with E-state index in [4.69, 9.17) is 4.42 Å². The van der Waals surface area contributed by atoms with Crippen molar-refractivity contribution in [3.63, 3.8) is 0 Å². The number of nitrogens with zero attached hydrogens (tertiary/aromatic N) is 4. The Hall–Kier alpha value is -4.73. The molecule has 0 unspecified atom stereocenters. The second kappa shape index (κ2) is 9.05. The summed E-state index contributed by atoms with van der Waals surface area (Å²) in [4.78, 5) is 36.0. The van der Waals surface area contributed by atoms with Crippen LogP contribution >= 0.6 is 0 Å². The Bertz CT molecular complexity index is 1630. The second-order valence-electron chi connectivity index (χ2n) is 9.30. The number of amides is 1. The van der Waals surface area contributed by atoms with Crippen LogP contribution in [0.2, 0.25) is 0 Å². The number of aryl methyl sites for hydroxylation is 1. The van der Waals surface area contributed by atoms with Crippen LogP contribution in [0.15, 0.2) is 65.3 Å². The summed E-state index contributed by atoms with van der Waals surface area (Å²) in [6.45, 7) is 2.14. The minimum absolute atomic E-state index is 0.173. The molecule has 10 nitrogen and oxygen atoms in total. The topological polar surface area (TPSA) is 137 Å². The quantitative estimate of drug-likeness (QED) is 0.315. The van der Waals surface area contributed by atoms with Crippen LogP contribution in [-0.4, -0.2) is 49.7 Å². The average Bonchev–Trinajstić information content (AvgIpc) is 3.63. The van der Waals surface area contributed by atoms with Gasteiger partial charge in [-0.2, -0.15) is 5.10 Å². The molecule has 1 saturated heterocycles. The molecule has 0 radical (unpaired) electrons. The summed E-state index contributed by atoms with van der Waals surface area (Å²) in [7, 11) is 0. The lowest BCUT2D eigenvalue weighted by Gasteiger charge is -2.22. The lowest BCUT2D eigenvalue weighted by molar-refractivity contribution is -0.138. The fourth-order valence-corrected chi connectivity index (χ4v) is 5.08. The number of rotatable bonds is 6. The van der Waals surface area contributed by atoms with Crippen molar-refractivity contribution in [3.8, 4) is 11.1 Å². The molecule has 186 valence electrons. The van der Waals surface area contributed by atoms with Gasteiger partial charge in [-0.3, -0.25) is 9.89 Å². The normalized spacial score (nSPS) is 17.5. The van der Waals surface area contributed by atoms with Gasteiger partial charge in [0.2, 0.25) is 5.91 Å². The number of hydrogen-bond donors (Lipinski definition) is 3. The molecule has 6 rings (SSSR count). The van der Waals surface area contributed by atoms with Gasteiger partial charge in [0, 0.05) is 35.8 Å². The van der Waals surface area contributed by atoms with Crippen molar-refractivity contribution in [3.05, 3.63) is 66.7 Å². The molecule has 2 atom stereocenters. The van der Waals surface area contributed by atoms with Gasteiger partial charge >= 0.3 is 5.97 Å². The molecule has 3 aromatic heterocycles. The van der Waals surface area contributed by atoms with E-state index < -0.39 is 12.0 Å². The number of carbonyl (C=O) groups excluding carboxylic acids is 1. The summed E-state index contributed by atoms with van der Waals surface area (Å²) in [6, 6.07) is 14.2. The number of anilines is 2. The Balaban J connectivity index is 1.24. The van der Waals surface area contributed by atoms with Crippen molar-refractivity contribution in [2.45, 2.75) is 25.8 Å². The smallest absolute Gasteiger partial charge is 0.326 e. The van der Waals surface area contributed by atoms with Crippen molar-refractivity contribution in [1.82, 2.24) is 20.2 Å². The van der Waals surface area contributed by atoms with Crippen molar-refractivity contribution in [2.75, 3.05) is 16.8 Å². The first kappa shape index (κ1) is 22.7. The molecule has 0 saturated carbocycles. The molecular weight excluding hydrogens is 472 g/mol. The van der Waals surface area contributed by atoms with E-state index in [2.05, 4.69) is 25.5 Å². The number of aromatic nitrogens is 4. The Labute approximate surface area is 211 Å². The number of carbonyl (C=O) groups is 2. The Morgan fingerprint density at radius 3 is 2.84 bits per heavy atom. The molecule has 2 aromatic carbocycles. The molecule has 37 heavy (non-hydrogen) atoms. The summed E-state index contributed by atoms with van der Waals surface area (Å²) in [5.41, 5.74) is 4.30. The van der Waals surface area contributed by atoms with Crippen LogP contribution in [0, 0.1) is 12.8 Å². The number of para-hydroxylation sites is 1. The van der Waals surface area contributed by atoms with Crippen molar-refractivity contribution in [1.29, 1.82) is 0 Å². The summed E-state index contributed by atoms with van der Waals surface area (Å²) >= 11 is 0. The zero-order valence-corrected chi connectivity index (χ0v) is 20.0. The molecule has 1 amide bonds. The predicted octanol–water partition coefficient (Wildman–Crippen LogP) is 4.38.